The van der Waals surface area contributed by atoms with E-state index in [0.29, 0.717) is 12.4 Å². The maximum absolute atomic E-state index is 12.5. The van der Waals surface area contributed by atoms with Crippen molar-refractivity contribution in [2.75, 3.05) is 17.2 Å². The summed E-state index contributed by atoms with van der Waals surface area (Å²) in [6.07, 6.45) is 3.01. The van der Waals surface area contributed by atoms with Gasteiger partial charge in [0.1, 0.15) is 17.3 Å². The molecule has 0 bridgehead atoms. The average Bonchev–Trinajstić information content (AvgIpc) is 2.67. The van der Waals surface area contributed by atoms with Crippen LogP contribution in [0.25, 0.3) is 0 Å². The fourth-order valence-electron chi connectivity index (χ4n) is 3.01. The number of carbonyl (C=O) groups excluding carboxylic acids is 1. The van der Waals surface area contributed by atoms with E-state index >= 15 is 0 Å². The van der Waals surface area contributed by atoms with Crippen LogP contribution in [0.2, 0.25) is 0 Å². The molecule has 0 saturated carbocycles. The number of nitrogens with zero attached hydrogens (tertiary/aromatic N) is 2. The monoisotopic (exact) mass is 376 g/mol. The molecule has 0 spiro atoms. The number of rotatable bonds is 6. The number of hydrogen-bond donors (Lipinski definition) is 2. The Balaban J connectivity index is 1.67. The Morgan fingerprint density at radius 3 is 2.25 bits per heavy atom. The third-order valence-corrected chi connectivity index (χ3v) is 4.24. The molecule has 1 heterocycles. The minimum Gasteiger partial charge on any atom is -0.494 e. The molecular weight excluding hydrogens is 352 g/mol. The van der Waals surface area contributed by atoms with Crippen molar-refractivity contribution in [2.24, 2.45) is 0 Å². The van der Waals surface area contributed by atoms with Crippen LogP contribution in [0.4, 0.5) is 17.2 Å². The van der Waals surface area contributed by atoms with E-state index in [0.717, 1.165) is 33.8 Å². The molecule has 6 nitrogen and oxygen atoms in total. The third-order valence-electron chi connectivity index (χ3n) is 4.24. The highest BCUT2D eigenvalue weighted by atomic mass is 16.5. The number of benzene rings is 2. The summed E-state index contributed by atoms with van der Waals surface area (Å²) < 4.78 is 5.42. The summed E-state index contributed by atoms with van der Waals surface area (Å²) >= 11 is 0. The molecular formula is C22H24N4O2. The van der Waals surface area contributed by atoms with Crippen molar-refractivity contribution in [1.82, 2.24) is 9.97 Å². The molecule has 1 aromatic heterocycles. The van der Waals surface area contributed by atoms with Crippen LogP contribution in [0.1, 0.15) is 34.1 Å². The molecule has 3 rings (SSSR count). The van der Waals surface area contributed by atoms with Gasteiger partial charge in [-0.3, -0.25) is 4.79 Å². The molecule has 2 aromatic carbocycles. The zero-order valence-electron chi connectivity index (χ0n) is 16.5. The summed E-state index contributed by atoms with van der Waals surface area (Å²) in [4.78, 5) is 21.0. The van der Waals surface area contributed by atoms with E-state index in [1.54, 1.807) is 6.20 Å². The minimum absolute atomic E-state index is 0.261. The summed E-state index contributed by atoms with van der Waals surface area (Å²) in [5.41, 5.74) is 5.14. The standard InChI is InChI=1S/C22H24N4O2/c1-5-28-18-8-6-17(7-9-18)25-20-13-23-19(12-24-20)22(27)26-21-15(3)10-14(2)11-16(21)4/h6-13H,5H2,1-4H3,(H,24,25)(H,26,27). The van der Waals surface area contributed by atoms with Gasteiger partial charge < -0.3 is 15.4 Å². The molecule has 0 radical (unpaired) electrons. The maximum Gasteiger partial charge on any atom is 0.275 e. The predicted molar refractivity (Wildman–Crippen MR) is 112 cm³/mol. The summed E-state index contributed by atoms with van der Waals surface area (Å²) in [6, 6.07) is 11.6. The first kappa shape index (κ1) is 19.4. The van der Waals surface area contributed by atoms with Gasteiger partial charge in [0, 0.05) is 11.4 Å². The first-order valence-corrected chi connectivity index (χ1v) is 9.17. The molecule has 28 heavy (non-hydrogen) atoms. The summed E-state index contributed by atoms with van der Waals surface area (Å²) in [5.74, 6) is 1.09. The normalized spacial score (nSPS) is 10.4. The van der Waals surface area contributed by atoms with Crippen LogP contribution in [-0.2, 0) is 0 Å². The quantitative estimate of drug-likeness (QED) is 0.646. The SMILES string of the molecule is CCOc1ccc(Nc2cnc(C(=O)Nc3c(C)cc(C)cc3C)cn2)cc1. The molecule has 0 atom stereocenters. The van der Waals surface area contributed by atoms with Gasteiger partial charge >= 0.3 is 0 Å². The molecule has 0 fully saturated rings. The number of aryl methyl sites for hydroxylation is 3. The van der Waals surface area contributed by atoms with Crippen molar-refractivity contribution >= 4 is 23.1 Å². The fourth-order valence-corrected chi connectivity index (χ4v) is 3.01. The molecule has 1 amide bonds. The molecule has 144 valence electrons. The van der Waals surface area contributed by atoms with Gasteiger partial charge in [-0.2, -0.15) is 0 Å². The van der Waals surface area contributed by atoms with E-state index in [2.05, 4.69) is 20.6 Å². The molecule has 0 saturated heterocycles. The fraction of sp³-hybridized carbons (Fsp3) is 0.227. The van der Waals surface area contributed by atoms with E-state index < -0.39 is 0 Å². The number of aromatic nitrogens is 2. The second-order valence-corrected chi connectivity index (χ2v) is 6.60. The first-order chi connectivity index (χ1) is 13.5. The van der Waals surface area contributed by atoms with Gasteiger partial charge in [-0.25, -0.2) is 9.97 Å². The second kappa shape index (κ2) is 8.52. The summed E-state index contributed by atoms with van der Waals surface area (Å²) in [5, 5.41) is 6.09. The van der Waals surface area contributed by atoms with E-state index in [4.69, 9.17) is 4.74 Å². The lowest BCUT2D eigenvalue weighted by Gasteiger charge is -2.12. The second-order valence-electron chi connectivity index (χ2n) is 6.60. The van der Waals surface area contributed by atoms with Gasteiger partial charge in [-0.1, -0.05) is 17.7 Å². The van der Waals surface area contributed by atoms with Crippen molar-refractivity contribution in [3.05, 3.63) is 71.2 Å². The van der Waals surface area contributed by atoms with Gasteiger partial charge in [-0.15, -0.1) is 0 Å². The van der Waals surface area contributed by atoms with Crippen LogP contribution < -0.4 is 15.4 Å². The molecule has 0 aliphatic rings. The zero-order chi connectivity index (χ0) is 20.1. The van der Waals surface area contributed by atoms with E-state index in [9.17, 15) is 4.79 Å². The highest BCUT2D eigenvalue weighted by Gasteiger charge is 2.12. The van der Waals surface area contributed by atoms with Crippen LogP contribution in [0.15, 0.2) is 48.8 Å². The van der Waals surface area contributed by atoms with Gasteiger partial charge in [0.25, 0.3) is 5.91 Å². The minimum atomic E-state index is -0.282. The third kappa shape index (κ3) is 4.65. The van der Waals surface area contributed by atoms with Crippen molar-refractivity contribution in [3.63, 3.8) is 0 Å². The Morgan fingerprint density at radius 2 is 1.68 bits per heavy atom. The average molecular weight is 376 g/mol. The Bertz CT molecular complexity index is 944. The number of ether oxygens (including phenoxy) is 1. The van der Waals surface area contributed by atoms with E-state index in [1.165, 1.54) is 6.20 Å². The van der Waals surface area contributed by atoms with Crippen LogP contribution in [0.5, 0.6) is 5.75 Å². The Kier molecular flexibility index (Phi) is 5.89. The van der Waals surface area contributed by atoms with E-state index in [1.807, 2.05) is 64.1 Å². The van der Waals surface area contributed by atoms with Gasteiger partial charge in [0.2, 0.25) is 0 Å². The lowest BCUT2D eigenvalue weighted by atomic mass is 10.1. The zero-order valence-corrected chi connectivity index (χ0v) is 16.5. The van der Waals surface area contributed by atoms with Crippen LogP contribution >= 0.6 is 0 Å². The molecule has 6 heteroatoms. The van der Waals surface area contributed by atoms with Crippen molar-refractivity contribution in [3.8, 4) is 5.75 Å². The molecule has 2 N–H and O–H groups in total. The Hall–Kier alpha value is -3.41. The number of amides is 1. The lowest BCUT2D eigenvalue weighted by molar-refractivity contribution is 0.102. The van der Waals surface area contributed by atoms with Crippen LogP contribution in [0, 0.1) is 20.8 Å². The number of anilines is 3. The highest BCUT2D eigenvalue weighted by Crippen LogP contribution is 2.23. The van der Waals surface area contributed by atoms with Crippen LogP contribution in [0.3, 0.4) is 0 Å². The van der Waals surface area contributed by atoms with E-state index in [-0.39, 0.29) is 11.6 Å². The van der Waals surface area contributed by atoms with Crippen molar-refractivity contribution < 1.29 is 9.53 Å². The number of nitrogens with one attached hydrogen (secondary N) is 2. The molecule has 0 aliphatic carbocycles. The molecule has 0 unspecified atom stereocenters. The van der Waals surface area contributed by atoms with Crippen molar-refractivity contribution in [1.29, 1.82) is 0 Å². The number of carbonyl (C=O) groups is 1. The highest BCUT2D eigenvalue weighted by molar-refractivity contribution is 6.03. The largest absolute Gasteiger partial charge is 0.494 e. The maximum atomic E-state index is 12.5. The Labute approximate surface area is 165 Å². The molecule has 0 aliphatic heterocycles. The predicted octanol–water partition coefficient (Wildman–Crippen LogP) is 4.80. The summed E-state index contributed by atoms with van der Waals surface area (Å²) in [7, 11) is 0. The topological polar surface area (TPSA) is 76.1 Å². The number of hydrogen-bond acceptors (Lipinski definition) is 5. The van der Waals surface area contributed by atoms with Gasteiger partial charge in [0.05, 0.1) is 19.0 Å². The summed E-state index contributed by atoms with van der Waals surface area (Å²) in [6.45, 7) is 8.56. The smallest absolute Gasteiger partial charge is 0.275 e. The lowest BCUT2D eigenvalue weighted by Crippen LogP contribution is -2.16. The van der Waals surface area contributed by atoms with Gasteiger partial charge in [-0.05, 0) is 63.1 Å². The van der Waals surface area contributed by atoms with Gasteiger partial charge in [0.15, 0.2) is 0 Å². The molecule has 3 aromatic rings. The Morgan fingerprint density at radius 1 is 1.00 bits per heavy atom. The first-order valence-electron chi connectivity index (χ1n) is 9.17. The van der Waals surface area contributed by atoms with Crippen LogP contribution in [-0.4, -0.2) is 22.5 Å². The van der Waals surface area contributed by atoms with Crippen molar-refractivity contribution in [2.45, 2.75) is 27.7 Å².